The van der Waals surface area contributed by atoms with Crippen molar-refractivity contribution in [3.05, 3.63) is 33.2 Å². The Morgan fingerprint density at radius 3 is 2.78 bits per heavy atom. The van der Waals surface area contributed by atoms with Crippen molar-refractivity contribution in [2.45, 2.75) is 18.9 Å². The summed E-state index contributed by atoms with van der Waals surface area (Å²) in [4.78, 5) is 17.4. The van der Waals surface area contributed by atoms with Crippen LogP contribution in [0, 0.1) is 0 Å². The lowest BCUT2D eigenvalue weighted by Gasteiger charge is -2.29. The lowest BCUT2D eigenvalue weighted by atomic mass is 10.1. The third kappa shape index (κ3) is 2.01. The minimum Gasteiger partial charge on any atom is -0.306 e. The number of hydrogen-bond donors (Lipinski definition) is 1. The summed E-state index contributed by atoms with van der Waals surface area (Å²) in [6, 6.07) is 6.24. The molecule has 0 spiro atoms. The number of hydrogen-bond acceptors (Lipinski definition) is 2. The topological polar surface area (TPSA) is 41.0 Å². The molecule has 0 atom stereocenters. The molecule has 1 N–H and O–H groups in total. The van der Waals surface area contributed by atoms with Crippen LogP contribution in [0.15, 0.2) is 27.5 Å². The number of likely N-dealkylation sites (tertiary alicyclic amines) is 1. The first-order valence-electron chi connectivity index (χ1n) is 6.23. The van der Waals surface area contributed by atoms with Crippen LogP contribution in [0.4, 0.5) is 0 Å². The number of piperidine rings is 1. The van der Waals surface area contributed by atoms with Gasteiger partial charge in [0.1, 0.15) is 0 Å². The number of H-pyrrole nitrogens is 1. The monoisotopic (exact) mass is 309 g/mol. The average molecular weight is 310 g/mol. The summed E-state index contributed by atoms with van der Waals surface area (Å²) < 4.78 is 2.93. The highest BCUT2D eigenvalue weighted by atomic mass is 79.9. The van der Waals surface area contributed by atoms with Gasteiger partial charge in [0.2, 0.25) is 0 Å². The highest BCUT2D eigenvalue weighted by molar-refractivity contribution is 9.10. The first-order valence-corrected chi connectivity index (χ1v) is 7.03. The fraction of sp³-hybridized carbons (Fsp3) is 0.462. The number of nitrogens with zero attached hydrogens (tertiary/aromatic N) is 2. The van der Waals surface area contributed by atoms with Gasteiger partial charge < -0.3 is 9.88 Å². The Labute approximate surface area is 114 Å². The van der Waals surface area contributed by atoms with Crippen LogP contribution in [-0.2, 0) is 0 Å². The summed E-state index contributed by atoms with van der Waals surface area (Å²) in [5, 5.41) is 0. The number of benzene rings is 1. The quantitative estimate of drug-likeness (QED) is 0.878. The van der Waals surface area contributed by atoms with Gasteiger partial charge in [-0.2, -0.15) is 0 Å². The summed E-state index contributed by atoms with van der Waals surface area (Å²) in [5.41, 5.74) is 1.93. The summed E-state index contributed by atoms with van der Waals surface area (Å²) in [6.45, 7) is 2.11. The minimum absolute atomic E-state index is 0.0117. The molecular weight excluding hydrogens is 294 g/mol. The summed E-state index contributed by atoms with van der Waals surface area (Å²) in [5.74, 6) is 0. The smallest absolute Gasteiger partial charge is 0.306 e. The number of imidazole rings is 1. The van der Waals surface area contributed by atoms with E-state index in [4.69, 9.17) is 0 Å². The molecular formula is C13H16BrN3O. The Bertz CT molecular complexity index is 623. The van der Waals surface area contributed by atoms with Gasteiger partial charge in [-0.15, -0.1) is 0 Å². The lowest BCUT2D eigenvalue weighted by molar-refractivity contribution is 0.221. The predicted molar refractivity (Wildman–Crippen MR) is 76.0 cm³/mol. The molecule has 1 aromatic heterocycles. The second kappa shape index (κ2) is 4.55. The first kappa shape index (κ1) is 12.0. The Balaban J connectivity index is 2.08. The van der Waals surface area contributed by atoms with Crippen molar-refractivity contribution in [3.8, 4) is 0 Å². The molecule has 18 heavy (non-hydrogen) atoms. The van der Waals surface area contributed by atoms with Crippen molar-refractivity contribution in [2.24, 2.45) is 0 Å². The van der Waals surface area contributed by atoms with E-state index in [1.807, 2.05) is 22.8 Å². The first-order chi connectivity index (χ1) is 8.65. The molecule has 1 aliphatic rings. The standard InChI is InChI=1S/C13H16BrN3O/c1-16-6-4-10(5-7-16)17-12-8-9(14)2-3-11(12)15-13(17)18/h2-3,8,10H,4-7H2,1H3,(H,15,18). The van der Waals surface area contributed by atoms with E-state index in [1.54, 1.807) is 0 Å². The van der Waals surface area contributed by atoms with E-state index in [0.717, 1.165) is 41.4 Å². The molecule has 1 aliphatic heterocycles. The Hall–Kier alpha value is -1.07. The molecule has 3 rings (SSSR count). The molecule has 1 saturated heterocycles. The third-order valence-corrected chi connectivity index (χ3v) is 4.23. The SMILES string of the molecule is CN1CCC(n2c(=O)[nH]c3ccc(Br)cc32)CC1. The molecule has 96 valence electrons. The number of rotatable bonds is 1. The molecule has 4 nitrogen and oxygen atoms in total. The van der Waals surface area contributed by atoms with Gasteiger partial charge in [0.05, 0.1) is 11.0 Å². The van der Waals surface area contributed by atoms with Crippen molar-refractivity contribution in [3.63, 3.8) is 0 Å². The Kier molecular flexibility index (Phi) is 3.03. The summed E-state index contributed by atoms with van der Waals surface area (Å²) >= 11 is 3.47. The Morgan fingerprint density at radius 1 is 1.33 bits per heavy atom. The Morgan fingerprint density at radius 2 is 2.06 bits per heavy atom. The molecule has 1 fully saturated rings. The van der Waals surface area contributed by atoms with Crippen LogP contribution in [0.1, 0.15) is 18.9 Å². The second-order valence-electron chi connectivity index (χ2n) is 5.00. The maximum absolute atomic E-state index is 12.1. The van der Waals surface area contributed by atoms with Crippen LogP contribution in [-0.4, -0.2) is 34.6 Å². The van der Waals surface area contributed by atoms with Crippen LogP contribution in [0.3, 0.4) is 0 Å². The maximum Gasteiger partial charge on any atom is 0.326 e. The number of nitrogens with one attached hydrogen (secondary N) is 1. The molecule has 0 aliphatic carbocycles. The largest absolute Gasteiger partial charge is 0.326 e. The van der Waals surface area contributed by atoms with Crippen molar-refractivity contribution < 1.29 is 0 Å². The number of halogens is 1. The zero-order valence-electron chi connectivity index (χ0n) is 10.3. The van der Waals surface area contributed by atoms with Gasteiger partial charge in [-0.3, -0.25) is 4.57 Å². The fourth-order valence-corrected chi connectivity index (χ4v) is 3.06. The summed E-state index contributed by atoms with van der Waals surface area (Å²) in [7, 11) is 2.13. The van der Waals surface area contributed by atoms with Gasteiger partial charge in [0, 0.05) is 10.5 Å². The average Bonchev–Trinajstić information content (AvgIpc) is 2.66. The number of aromatic amines is 1. The van der Waals surface area contributed by atoms with Gasteiger partial charge in [-0.1, -0.05) is 15.9 Å². The van der Waals surface area contributed by atoms with E-state index in [9.17, 15) is 4.79 Å². The predicted octanol–water partition coefficient (Wildman–Crippen LogP) is 2.36. The van der Waals surface area contributed by atoms with Gasteiger partial charge >= 0.3 is 5.69 Å². The molecule has 0 unspecified atom stereocenters. The van der Waals surface area contributed by atoms with Crippen LogP contribution in [0.5, 0.6) is 0 Å². The van der Waals surface area contributed by atoms with Gasteiger partial charge in [0.25, 0.3) is 0 Å². The maximum atomic E-state index is 12.1. The highest BCUT2D eigenvalue weighted by Crippen LogP contribution is 2.25. The molecule has 2 aromatic rings. The van der Waals surface area contributed by atoms with Crippen molar-refractivity contribution in [1.29, 1.82) is 0 Å². The number of aromatic nitrogens is 2. The van der Waals surface area contributed by atoms with E-state index < -0.39 is 0 Å². The van der Waals surface area contributed by atoms with E-state index in [1.165, 1.54) is 0 Å². The zero-order chi connectivity index (χ0) is 12.7. The van der Waals surface area contributed by atoms with Crippen molar-refractivity contribution in [1.82, 2.24) is 14.5 Å². The highest BCUT2D eigenvalue weighted by Gasteiger charge is 2.21. The third-order valence-electron chi connectivity index (χ3n) is 3.73. The van der Waals surface area contributed by atoms with Gasteiger partial charge in [0.15, 0.2) is 0 Å². The van der Waals surface area contributed by atoms with Crippen LogP contribution in [0.25, 0.3) is 11.0 Å². The van der Waals surface area contributed by atoms with Crippen molar-refractivity contribution >= 4 is 27.0 Å². The van der Waals surface area contributed by atoms with Gasteiger partial charge in [-0.05, 0) is 51.2 Å². The zero-order valence-corrected chi connectivity index (χ0v) is 11.9. The molecule has 1 aromatic carbocycles. The minimum atomic E-state index is 0.0117. The second-order valence-corrected chi connectivity index (χ2v) is 5.91. The van der Waals surface area contributed by atoms with E-state index >= 15 is 0 Å². The summed E-state index contributed by atoms with van der Waals surface area (Å²) in [6.07, 6.45) is 2.08. The molecule has 5 heteroatoms. The van der Waals surface area contributed by atoms with Gasteiger partial charge in [-0.25, -0.2) is 4.79 Å². The molecule has 0 bridgehead atoms. The van der Waals surface area contributed by atoms with Crippen LogP contribution >= 0.6 is 15.9 Å². The molecule has 0 saturated carbocycles. The van der Waals surface area contributed by atoms with E-state index in [-0.39, 0.29) is 5.69 Å². The van der Waals surface area contributed by atoms with Crippen LogP contribution < -0.4 is 5.69 Å². The molecule has 0 amide bonds. The van der Waals surface area contributed by atoms with Crippen molar-refractivity contribution in [2.75, 3.05) is 20.1 Å². The van der Waals surface area contributed by atoms with E-state index in [2.05, 4.69) is 32.9 Å². The molecule has 0 radical (unpaired) electrons. The molecule has 2 heterocycles. The fourth-order valence-electron chi connectivity index (χ4n) is 2.71. The lowest BCUT2D eigenvalue weighted by Crippen LogP contribution is -2.34. The normalized spacial score (nSPS) is 18.6. The van der Waals surface area contributed by atoms with E-state index in [0.29, 0.717) is 6.04 Å². The number of fused-ring (bicyclic) bond motifs is 1. The van der Waals surface area contributed by atoms with Crippen LogP contribution in [0.2, 0.25) is 0 Å².